The van der Waals surface area contributed by atoms with E-state index in [0.717, 1.165) is 23.1 Å². The summed E-state index contributed by atoms with van der Waals surface area (Å²) >= 11 is 0. The van der Waals surface area contributed by atoms with Crippen molar-refractivity contribution >= 4 is 11.0 Å². The Hall–Kier alpha value is -2.31. The van der Waals surface area contributed by atoms with Crippen molar-refractivity contribution in [1.82, 2.24) is 14.5 Å². The highest BCUT2D eigenvalue weighted by atomic mass is 19.1. The predicted octanol–water partition coefficient (Wildman–Crippen LogP) is 3.73. The molecule has 26 heavy (non-hydrogen) atoms. The zero-order valence-electron chi connectivity index (χ0n) is 14.9. The predicted molar refractivity (Wildman–Crippen MR) is 95.8 cm³/mol. The maximum Gasteiger partial charge on any atom is 0.129 e. The van der Waals surface area contributed by atoms with Crippen LogP contribution in [0.2, 0.25) is 0 Å². The molecule has 1 fully saturated rings. The molecule has 0 saturated carbocycles. The van der Waals surface area contributed by atoms with E-state index in [1.165, 1.54) is 19.1 Å². The number of imidazole rings is 1. The average molecular weight is 357 g/mol. The Morgan fingerprint density at radius 2 is 1.96 bits per heavy atom. The molecule has 1 aliphatic rings. The fourth-order valence-electron chi connectivity index (χ4n) is 3.44. The number of benzene rings is 2. The summed E-state index contributed by atoms with van der Waals surface area (Å²) in [6, 6.07) is 8.98. The van der Waals surface area contributed by atoms with Crippen LogP contribution in [0.1, 0.15) is 22.8 Å². The number of aryl methyl sites for hydroxylation is 1. The highest BCUT2D eigenvalue weighted by Gasteiger charge is 2.23. The van der Waals surface area contributed by atoms with Gasteiger partial charge in [-0.3, -0.25) is 4.90 Å². The van der Waals surface area contributed by atoms with Gasteiger partial charge in [0, 0.05) is 32.2 Å². The van der Waals surface area contributed by atoms with Gasteiger partial charge in [0.2, 0.25) is 0 Å². The van der Waals surface area contributed by atoms with E-state index < -0.39 is 11.6 Å². The van der Waals surface area contributed by atoms with Crippen molar-refractivity contribution in [2.75, 3.05) is 19.7 Å². The quantitative estimate of drug-likeness (QED) is 0.715. The molecule has 3 aromatic rings. The Bertz CT molecular complexity index is 930. The molecule has 4 rings (SSSR count). The van der Waals surface area contributed by atoms with Crippen LogP contribution in [0.5, 0.6) is 0 Å². The SMILES string of the molecule is Cc1c(F)cc(CN2CCO[C@H](c3ccc4ncn(C)c4c3)C2)cc1F. The summed E-state index contributed by atoms with van der Waals surface area (Å²) in [7, 11) is 1.97. The number of halogens is 2. The first kappa shape index (κ1) is 17.1. The molecule has 2 aromatic carbocycles. The number of hydrogen-bond donors (Lipinski definition) is 0. The van der Waals surface area contributed by atoms with E-state index in [1.54, 1.807) is 6.33 Å². The monoisotopic (exact) mass is 357 g/mol. The van der Waals surface area contributed by atoms with Crippen molar-refractivity contribution in [3.8, 4) is 0 Å². The van der Waals surface area contributed by atoms with Gasteiger partial charge >= 0.3 is 0 Å². The topological polar surface area (TPSA) is 30.3 Å². The second-order valence-electron chi connectivity index (χ2n) is 6.88. The molecule has 0 N–H and O–H groups in total. The summed E-state index contributed by atoms with van der Waals surface area (Å²) in [5, 5.41) is 0. The molecule has 1 saturated heterocycles. The van der Waals surface area contributed by atoms with Crippen molar-refractivity contribution in [1.29, 1.82) is 0 Å². The fraction of sp³-hybridized carbons (Fsp3) is 0.350. The molecule has 1 atom stereocenters. The van der Waals surface area contributed by atoms with Crippen LogP contribution in [-0.4, -0.2) is 34.1 Å². The summed E-state index contributed by atoms with van der Waals surface area (Å²) in [6.45, 7) is 3.96. The first-order valence-corrected chi connectivity index (χ1v) is 8.71. The van der Waals surface area contributed by atoms with Crippen LogP contribution in [0.4, 0.5) is 8.78 Å². The van der Waals surface area contributed by atoms with Gasteiger partial charge in [-0.2, -0.15) is 0 Å². The maximum absolute atomic E-state index is 13.8. The Kier molecular flexibility index (Phi) is 4.46. The van der Waals surface area contributed by atoms with Crippen LogP contribution in [0.25, 0.3) is 11.0 Å². The molecular weight excluding hydrogens is 336 g/mol. The molecule has 0 radical (unpaired) electrons. The summed E-state index contributed by atoms with van der Waals surface area (Å²) in [5.74, 6) is -0.988. The first-order valence-electron chi connectivity index (χ1n) is 8.71. The number of hydrogen-bond acceptors (Lipinski definition) is 3. The normalized spacial score (nSPS) is 18.5. The third-order valence-electron chi connectivity index (χ3n) is 5.02. The lowest BCUT2D eigenvalue weighted by molar-refractivity contribution is -0.0329. The van der Waals surface area contributed by atoms with Crippen LogP contribution in [-0.2, 0) is 18.3 Å². The van der Waals surface area contributed by atoms with Crippen molar-refractivity contribution < 1.29 is 13.5 Å². The zero-order chi connectivity index (χ0) is 18.3. The second kappa shape index (κ2) is 6.78. The van der Waals surface area contributed by atoms with Gasteiger partial charge < -0.3 is 9.30 Å². The molecule has 4 nitrogen and oxygen atoms in total. The van der Waals surface area contributed by atoms with Crippen molar-refractivity contribution in [2.24, 2.45) is 7.05 Å². The zero-order valence-corrected chi connectivity index (χ0v) is 14.9. The van der Waals surface area contributed by atoms with Gasteiger partial charge in [0.05, 0.1) is 30.1 Å². The van der Waals surface area contributed by atoms with Crippen LogP contribution in [0.3, 0.4) is 0 Å². The van der Waals surface area contributed by atoms with Gasteiger partial charge in [0.15, 0.2) is 0 Å². The standard InChI is InChI=1S/C20H21F2N3O/c1-13-16(21)7-14(8-17(13)22)10-25-5-6-26-20(11-25)15-3-4-18-19(9-15)24(2)12-23-18/h3-4,7-9,12,20H,5-6,10-11H2,1-2H3/t20-/m0/s1. The molecule has 1 aliphatic heterocycles. The van der Waals surface area contributed by atoms with Crippen molar-refractivity contribution in [3.05, 3.63) is 65.0 Å². The van der Waals surface area contributed by atoms with Crippen molar-refractivity contribution in [2.45, 2.75) is 19.6 Å². The molecular formula is C20H21F2N3O. The number of nitrogens with zero attached hydrogens (tertiary/aromatic N) is 3. The lowest BCUT2D eigenvalue weighted by Crippen LogP contribution is -2.37. The molecule has 0 bridgehead atoms. The average Bonchev–Trinajstić information content (AvgIpc) is 3.00. The summed E-state index contributed by atoms with van der Waals surface area (Å²) in [4.78, 5) is 6.51. The summed E-state index contributed by atoms with van der Waals surface area (Å²) < 4.78 is 35.5. The summed E-state index contributed by atoms with van der Waals surface area (Å²) in [6.07, 6.45) is 1.73. The highest BCUT2D eigenvalue weighted by molar-refractivity contribution is 5.76. The minimum Gasteiger partial charge on any atom is -0.371 e. The lowest BCUT2D eigenvalue weighted by Gasteiger charge is -2.33. The van der Waals surface area contributed by atoms with E-state index in [1.807, 2.05) is 23.7 Å². The molecule has 0 aliphatic carbocycles. The number of ether oxygens (including phenoxy) is 1. The number of morpholine rings is 1. The van der Waals surface area contributed by atoms with Crippen LogP contribution in [0.15, 0.2) is 36.7 Å². The van der Waals surface area contributed by atoms with Crippen LogP contribution in [0, 0.1) is 18.6 Å². The van der Waals surface area contributed by atoms with E-state index in [-0.39, 0.29) is 11.7 Å². The molecule has 1 aromatic heterocycles. The number of aromatic nitrogens is 2. The van der Waals surface area contributed by atoms with Crippen LogP contribution >= 0.6 is 0 Å². The summed E-state index contributed by atoms with van der Waals surface area (Å²) in [5.41, 5.74) is 3.82. The first-order chi connectivity index (χ1) is 12.5. The highest BCUT2D eigenvalue weighted by Crippen LogP contribution is 2.26. The van der Waals surface area contributed by atoms with E-state index in [9.17, 15) is 8.78 Å². The Morgan fingerprint density at radius 3 is 2.73 bits per heavy atom. The second-order valence-corrected chi connectivity index (χ2v) is 6.88. The molecule has 0 unspecified atom stereocenters. The maximum atomic E-state index is 13.8. The van der Waals surface area contributed by atoms with E-state index in [4.69, 9.17) is 4.74 Å². The van der Waals surface area contributed by atoms with E-state index in [2.05, 4.69) is 16.0 Å². The molecule has 6 heteroatoms. The molecule has 0 amide bonds. The fourth-order valence-corrected chi connectivity index (χ4v) is 3.44. The third kappa shape index (κ3) is 3.22. The van der Waals surface area contributed by atoms with E-state index in [0.29, 0.717) is 25.3 Å². The number of fused-ring (bicyclic) bond motifs is 1. The van der Waals surface area contributed by atoms with Crippen molar-refractivity contribution in [3.63, 3.8) is 0 Å². The van der Waals surface area contributed by atoms with Gasteiger partial charge in [-0.1, -0.05) is 6.07 Å². The Labute approximate surface area is 151 Å². The molecule has 0 spiro atoms. The van der Waals surface area contributed by atoms with Gasteiger partial charge in [0.1, 0.15) is 11.6 Å². The Morgan fingerprint density at radius 1 is 1.19 bits per heavy atom. The van der Waals surface area contributed by atoms with Gasteiger partial charge in [-0.15, -0.1) is 0 Å². The number of rotatable bonds is 3. The van der Waals surface area contributed by atoms with Gasteiger partial charge in [-0.25, -0.2) is 13.8 Å². The smallest absolute Gasteiger partial charge is 0.129 e. The van der Waals surface area contributed by atoms with Gasteiger partial charge in [0.25, 0.3) is 0 Å². The minimum absolute atomic E-state index is 0.0665. The lowest BCUT2D eigenvalue weighted by atomic mass is 10.1. The molecule has 136 valence electrons. The largest absolute Gasteiger partial charge is 0.371 e. The third-order valence-corrected chi connectivity index (χ3v) is 5.02. The van der Waals surface area contributed by atoms with Gasteiger partial charge in [-0.05, 0) is 42.3 Å². The van der Waals surface area contributed by atoms with Crippen LogP contribution < -0.4 is 0 Å². The molecule has 2 heterocycles. The minimum atomic E-state index is -0.494. The van der Waals surface area contributed by atoms with E-state index >= 15 is 0 Å². The Balaban J connectivity index is 1.52.